The van der Waals surface area contributed by atoms with Gasteiger partial charge >= 0.3 is 11.9 Å². The summed E-state index contributed by atoms with van der Waals surface area (Å²) in [4.78, 5) is 25.0. The molecule has 0 amide bonds. The molecule has 0 aliphatic heterocycles. The van der Waals surface area contributed by atoms with Crippen molar-refractivity contribution in [2.75, 3.05) is 64.5 Å². The summed E-state index contributed by atoms with van der Waals surface area (Å²) in [7, 11) is 4.14. The standard InChI is InChI=1S/C31H44Cl2N4O5/c1-37(2)17-16-36-25-11-9-23(10-12-25)8-7-19-41-18-6-4-3-5-15-35-22-28(42-30(40)14-13-29(38)39)24-20-26(32)31(34)27(33)21-24/h9-14,20-21,28,35-36H,3-8,15-19,22,34H2,1-2H3,(H,38,39)/b14-13+. The average Bonchev–Trinajstić information content (AvgIpc) is 2.95. The van der Waals surface area contributed by atoms with Crippen molar-refractivity contribution in [3.8, 4) is 0 Å². The fraction of sp³-hybridized carbons (Fsp3) is 0.484. The van der Waals surface area contributed by atoms with Gasteiger partial charge in [-0.3, -0.25) is 0 Å². The summed E-state index contributed by atoms with van der Waals surface area (Å²) < 4.78 is 11.3. The number of nitrogens with two attached hydrogens (primary N) is 1. The maximum absolute atomic E-state index is 12.1. The fourth-order valence-electron chi connectivity index (χ4n) is 4.07. The molecule has 1 atom stereocenters. The number of unbranched alkanes of at least 4 members (excludes halogenated alkanes) is 3. The van der Waals surface area contributed by atoms with Gasteiger partial charge in [0.15, 0.2) is 0 Å². The van der Waals surface area contributed by atoms with E-state index in [2.05, 4.69) is 53.9 Å². The molecule has 0 bridgehead atoms. The number of hydrogen-bond acceptors (Lipinski definition) is 8. The monoisotopic (exact) mass is 622 g/mol. The summed E-state index contributed by atoms with van der Waals surface area (Å²) in [5, 5.41) is 16.0. The second-order valence-corrected chi connectivity index (χ2v) is 11.1. The van der Waals surface area contributed by atoms with Crippen molar-refractivity contribution >= 4 is 46.5 Å². The lowest BCUT2D eigenvalue weighted by Crippen LogP contribution is -2.26. The SMILES string of the molecule is CN(C)CCNc1ccc(CCCOCCCCCCNCC(OC(=O)/C=C/C(=O)O)c2cc(Cl)c(N)c(Cl)c2)cc1. The lowest BCUT2D eigenvalue weighted by Gasteiger charge is -2.19. The highest BCUT2D eigenvalue weighted by Crippen LogP contribution is 2.32. The van der Waals surface area contributed by atoms with Gasteiger partial charge in [-0.2, -0.15) is 0 Å². The van der Waals surface area contributed by atoms with Crippen molar-refractivity contribution < 1.29 is 24.2 Å². The van der Waals surface area contributed by atoms with Gasteiger partial charge in [-0.25, -0.2) is 9.59 Å². The van der Waals surface area contributed by atoms with Crippen molar-refractivity contribution in [2.24, 2.45) is 0 Å². The molecule has 0 radical (unpaired) electrons. The number of aliphatic carboxylic acids is 1. The third-order valence-corrected chi connectivity index (χ3v) is 7.04. The Bertz CT molecular complexity index is 1110. The number of nitrogens with zero attached hydrogens (tertiary/aromatic N) is 1. The summed E-state index contributed by atoms with van der Waals surface area (Å²) in [5.74, 6) is -2.02. The first kappa shape index (κ1) is 35.4. The molecular weight excluding hydrogens is 579 g/mol. The number of likely N-dealkylation sites (N-methyl/N-ethyl adjacent to an activating group) is 1. The van der Waals surface area contributed by atoms with Crippen LogP contribution in [0.4, 0.5) is 11.4 Å². The van der Waals surface area contributed by atoms with Crippen LogP contribution in [-0.2, 0) is 25.5 Å². The first-order chi connectivity index (χ1) is 20.2. The Morgan fingerprint density at radius 3 is 2.31 bits per heavy atom. The van der Waals surface area contributed by atoms with Crippen LogP contribution in [-0.4, -0.2) is 75.4 Å². The van der Waals surface area contributed by atoms with Gasteiger partial charge in [0.2, 0.25) is 0 Å². The van der Waals surface area contributed by atoms with Crippen LogP contribution >= 0.6 is 23.2 Å². The number of carboxylic acids is 1. The molecule has 2 rings (SSSR count). The molecule has 0 saturated heterocycles. The van der Waals surface area contributed by atoms with Crippen molar-refractivity contribution in [1.29, 1.82) is 0 Å². The van der Waals surface area contributed by atoms with Gasteiger partial charge in [0.05, 0.1) is 15.7 Å². The maximum atomic E-state index is 12.1. The number of nitrogens with one attached hydrogen (secondary N) is 2. The van der Waals surface area contributed by atoms with E-state index in [9.17, 15) is 9.59 Å². The first-order valence-electron chi connectivity index (χ1n) is 14.3. The predicted molar refractivity (Wildman–Crippen MR) is 170 cm³/mol. The van der Waals surface area contributed by atoms with Crippen molar-refractivity contribution in [1.82, 2.24) is 10.2 Å². The highest BCUT2D eigenvalue weighted by molar-refractivity contribution is 6.38. The Hall–Kier alpha value is -2.82. The van der Waals surface area contributed by atoms with E-state index in [4.69, 9.17) is 43.5 Å². The van der Waals surface area contributed by atoms with E-state index in [0.717, 1.165) is 89.2 Å². The van der Waals surface area contributed by atoms with Crippen LogP contribution in [0.3, 0.4) is 0 Å². The normalized spacial score (nSPS) is 12.1. The number of benzene rings is 2. The van der Waals surface area contributed by atoms with E-state index < -0.39 is 18.0 Å². The van der Waals surface area contributed by atoms with Crippen LogP contribution in [0.15, 0.2) is 48.6 Å². The van der Waals surface area contributed by atoms with Gasteiger partial charge in [-0.15, -0.1) is 0 Å². The Labute approximate surface area is 259 Å². The van der Waals surface area contributed by atoms with Gasteiger partial charge < -0.3 is 35.8 Å². The molecule has 0 aliphatic rings. The number of esters is 1. The number of ether oxygens (including phenoxy) is 2. The van der Waals surface area contributed by atoms with Gasteiger partial charge in [0, 0.05) is 50.7 Å². The van der Waals surface area contributed by atoms with Crippen LogP contribution in [0.2, 0.25) is 10.0 Å². The summed E-state index contributed by atoms with van der Waals surface area (Å²) in [5.41, 5.74) is 9.09. The van der Waals surface area contributed by atoms with Gasteiger partial charge in [0.25, 0.3) is 0 Å². The molecule has 0 aromatic heterocycles. The third kappa shape index (κ3) is 14.9. The largest absolute Gasteiger partial charge is 0.478 e. The second-order valence-electron chi connectivity index (χ2n) is 10.3. The summed E-state index contributed by atoms with van der Waals surface area (Å²) in [6, 6.07) is 11.8. The number of carboxylic acid groups (broad SMARTS) is 1. The molecule has 2 aromatic rings. The minimum absolute atomic E-state index is 0.240. The third-order valence-electron chi connectivity index (χ3n) is 6.41. The quantitative estimate of drug-likeness (QED) is 0.0611. The highest BCUT2D eigenvalue weighted by atomic mass is 35.5. The molecule has 0 aliphatic carbocycles. The molecule has 0 fully saturated rings. The lowest BCUT2D eigenvalue weighted by molar-refractivity contribution is -0.143. The number of aryl methyl sites for hydroxylation is 1. The Kier molecular flexibility index (Phi) is 17.0. The van der Waals surface area contributed by atoms with E-state index in [0.29, 0.717) is 12.1 Å². The van der Waals surface area contributed by atoms with Crippen LogP contribution in [0, 0.1) is 0 Å². The zero-order valence-corrected chi connectivity index (χ0v) is 26.1. The molecule has 1 unspecified atom stereocenters. The minimum atomic E-state index is -1.24. The number of rotatable bonds is 21. The van der Waals surface area contributed by atoms with Gasteiger partial charge in [-0.05, 0) is 81.7 Å². The van der Waals surface area contributed by atoms with Crippen molar-refractivity contribution in [3.63, 3.8) is 0 Å². The fourth-order valence-corrected chi connectivity index (χ4v) is 4.57. The Morgan fingerprint density at radius 1 is 0.976 bits per heavy atom. The molecule has 0 heterocycles. The number of halogens is 2. The average molecular weight is 624 g/mol. The molecular formula is C31H44Cl2N4O5. The van der Waals surface area contributed by atoms with E-state index in [1.807, 2.05) is 0 Å². The zero-order chi connectivity index (χ0) is 30.7. The van der Waals surface area contributed by atoms with Crippen LogP contribution in [0.25, 0.3) is 0 Å². The summed E-state index contributed by atoms with van der Waals surface area (Å²) in [6.07, 6.45) is 6.93. The van der Waals surface area contributed by atoms with E-state index >= 15 is 0 Å². The topological polar surface area (TPSA) is 126 Å². The molecule has 5 N–H and O–H groups in total. The molecule has 2 aromatic carbocycles. The lowest BCUT2D eigenvalue weighted by atomic mass is 10.1. The van der Waals surface area contributed by atoms with Crippen LogP contribution < -0.4 is 16.4 Å². The number of hydrogen-bond donors (Lipinski definition) is 4. The van der Waals surface area contributed by atoms with Crippen molar-refractivity contribution in [2.45, 2.75) is 44.6 Å². The smallest absolute Gasteiger partial charge is 0.331 e. The van der Waals surface area contributed by atoms with Crippen molar-refractivity contribution in [3.05, 3.63) is 69.7 Å². The molecule has 42 heavy (non-hydrogen) atoms. The van der Waals surface area contributed by atoms with Gasteiger partial charge in [0.1, 0.15) is 6.10 Å². The molecule has 11 heteroatoms. The van der Waals surface area contributed by atoms with E-state index in [1.54, 1.807) is 12.1 Å². The Morgan fingerprint density at radius 2 is 1.64 bits per heavy atom. The predicted octanol–water partition coefficient (Wildman–Crippen LogP) is 5.57. The Balaban J connectivity index is 1.59. The molecule has 9 nitrogen and oxygen atoms in total. The van der Waals surface area contributed by atoms with Gasteiger partial charge in [-0.1, -0.05) is 48.2 Å². The van der Waals surface area contributed by atoms with Crippen LogP contribution in [0.5, 0.6) is 0 Å². The number of carbonyl (C=O) groups is 2. The summed E-state index contributed by atoms with van der Waals surface area (Å²) in [6.45, 7) is 4.47. The molecule has 0 spiro atoms. The molecule has 0 saturated carbocycles. The van der Waals surface area contributed by atoms with E-state index in [1.165, 1.54) is 5.56 Å². The maximum Gasteiger partial charge on any atom is 0.331 e. The van der Waals surface area contributed by atoms with E-state index in [-0.39, 0.29) is 15.7 Å². The van der Waals surface area contributed by atoms with Crippen LogP contribution in [0.1, 0.15) is 49.3 Å². The zero-order valence-electron chi connectivity index (χ0n) is 24.5. The number of anilines is 2. The number of carbonyl (C=O) groups excluding carboxylic acids is 1. The molecule has 232 valence electrons. The first-order valence-corrected chi connectivity index (χ1v) is 15.0. The summed E-state index contributed by atoms with van der Waals surface area (Å²) >= 11 is 12.3. The second kappa shape index (κ2) is 20.1. The highest BCUT2D eigenvalue weighted by Gasteiger charge is 2.18. The number of nitrogen functional groups attached to an aromatic ring is 1. The minimum Gasteiger partial charge on any atom is -0.478 e.